The van der Waals surface area contributed by atoms with Crippen LogP contribution in [0.2, 0.25) is 0 Å². The number of hydrogen-bond acceptors (Lipinski definition) is 2. The van der Waals surface area contributed by atoms with Gasteiger partial charge in [-0.3, -0.25) is 4.79 Å². The summed E-state index contributed by atoms with van der Waals surface area (Å²) in [6.45, 7) is 5.95. The highest BCUT2D eigenvalue weighted by Gasteiger charge is 2.14. The first-order valence-electron chi connectivity index (χ1n) is 5.72. The molecule has 0 spiro atoms. The maximum absolute atomic E-state index is 11.9. The fourth-order valence-electron chi connectivity index (χ4n) is 1.92. The first-order chi connectivity index (χ1) is 8.67. The smallest absolute Gasteiger partial charge is 0.268 e. The van der Waals surface area contributed by atoms with E-state index < -0.39 is 0 Å². The molecule has 1 aromatic heterocycles. The van der Waals surface area contributed by atoms with Crippen LogP contribution in [-0.2, 0) is 0 Å². The van der Waals surface area contributed by atoms with Crippen molar-refractivity contribution in [2.45, 2.75) is 6.92 Å². The van der Waals surface area contributed by atoms with Crippen LogP contribution in [0, 0.1) is 6.92 Å². The van der Waals surface area contributed by atoms with Gasteiger partial charge in [-0.25, -0.2) is 0 Å². The topological polar surface area (TPSA) is 54.1 Å². The number of fused-ring (bicyclic) bond motifs is 1. The molecule has 2 N–H and O–H groups in total. The molecule has 0 aliphatic carbocycles. The number of rotatable bonds is 4. The molecule has 94 valence electrons. The van der Waals surface area contributed by atoms with E-state index in [-0.39, 0.29) is 5.91 Å². The molecule has 0 bridgehead atoms. The lowest BCUT2D eigenvalue weighted by atomic mass is 10.1. The van der Waals surface area contributed by atoms with Gasteiger partial charge in [0.05, 0.1) is 7.11 Å². The second kappa shape index (κ2) is 4.96. The molecule has 0 saturated carbocycles. The summed E-state index contributed by atoms with van der Waals surface area (Å²) in [6.07, 6.45) is 1.65. The Balaban J connectivity index is 2.43. The third-order valence-electron chi connectivity index (χ3n) is 2.90. The maximum atomic E-state index is 11.9. The third-order valence-corrected chi connectivity index (χ3v) is 2.90. The number of amides is 1. The van der Waals surface area contributed by atoms with Crippen LogP contribution < -0.4 is 10.1 Å². The van der Waals surface area contributed by atoms with Crippen molar-refractivity contribution in [3.8, 4) is 5.75 Å². The molecule has 0 atom stereocenters. The predicted molar refractivity (Wildman–Crippen MR) is 72.1 cm³/mol. The van der Waals surface area contributed by atoms with Crippen molar-refractivity contribution in [3.05, 3.63) is 42.1 Å². The normalized spacial score (nSPS) is 10.3. The van der Waals surface area contributed by atoms with E-state index in [1.165, 1.54) is 0 Å². The molecule has 4 heteroatoms. The number of carbonyl (C=O) groups excluding carboxylic acids is 1. The van der Waals surface area contributed by atoms with E-state index in [9.17, 15) is 4.79 Å². The molecule has 1 amide bonds. The van der Waals surface area contributed by atoms with Crippen molar-refractivity contribution in [1.29, 1.82) is 0 Å². The molecule has 4 nitrogen and oxygen atoms in total. The SMILES string of the molecule is C=CCNC(=O)c1[nH]c2cc(OC)ccc2c1C. The summed E-state index contributed by atoms with van der Waals surface area (Å²) >= 11 is 0. The van der Waals surface area contributed by atoms with Gasteiger partial charge in [0.25, 0.3) is 5.91 Å². The Morgan fingerprint density at radius 1 is 1.56 bits per heavy atom. The van der Waals surface area contributed by atoms with Gasteiger partial charge in [-0.05, 0) is 24.6 Å². The average molecular weight is 244 g/mol. The van der Waals surface area contributed by atoms with Crippen molar-refractivity contribution < 1.29 is 9.53 Å². The molecule has 0 unspecified atom stereocenters. The lowest BCUT2D eigenvalue weighted by Gasteiger charge is -2.00. The highest BCUT2D eigenvalue weighted by Crippen LogP contribution is 2.25. The molecule has 0 fully saturated rings. The summed E-state index contributed by atoms with van der Waals surface area (Å²) < 4.78 is 5.16. The Labute approximate surface area is 106 Å². The van der Waals surface area contributed by atoms with Gasteiger partial charge in [0, 0.05) is 23.5 Å². The Bertz CT molecular complexity index is 599. The molecule has 0 aliphatic heterocycles. The van der Waals surface area contributed by atoms with Gasteiger partial charge in [-0.1, -0.05) is 6.08 Å². The van der Waals surface area contributed by atoms with Crippen molar-refractivity contribution in [1.82, 2.24) is 10.3 Å². The number of hydrogen-bond donors (Lipinski definition) is 2. The van der Waals surface area contributed by atoms with E-state index in [1.807, 2.05) is 25.1 Å². The van der Waals surface area contributed by atoms with Gasteiger partial charge in [0.15, 0.2) is 0 Å². The van der Waals surface area contributed by atoms with Crippen LogP contribution in [0.1, 0.15) is 16.1 Å². The summed E-state index contributed by atoms with van der Waals surface area (Å²) in [4.78, 5) is 15.0. The molecular weight excluding hydrogens is 228 g/mol. The summed E-state index contributed by atoms with van der Waals surface area (Å²) in [7, 11) is 1.62. The largest absolute Gasteiger partial charge is 0.497 e. The summed E-state index contributed by atoms with van der Waals surface area (Å²) in [5.74, 6) is 0.643. The highest BCUT2D eigenvalue weighted by molar-refractivity contribution is 6.01. The van der Waals surface area contributed by atoms with Crippen molar-refractivity contribution in [2.24, 2.45) is 0 Å². The monoisotopic (exact) mass is 244 g/mol. The second-order valence-electron chi connectivity index (χ2n) is 4.04. The molecule has 2 rings (SSSR count). The zero-order valence-corrected chi connectivity index (χ0v) is 10.5. The van der Waals surface area contributed by atoms with Gasteiger partial charge in [-0.2, -0.15) is 0 Å². The second-order valence-corrected chi connectivity index (χ2v) is 4.04. The molecular formula is C14H16N2O2. The van der Waals surface area contributed by atoms with Gasteiger partial charge in [-0.15, -0.1) is 6.58 Å². The number of aryl methyl sites for hydroxylation is 1. The minimum absolute atomic E-state index is 0.123. The van der Waals surface area contributed by atoms with Crippen LogP contribution in [-0.4, -0.2) is 24.5 Å². The quantitative estimate of drug-likeness (QED) is 0.811. The summed E-state index contributed by atoms with van der Waals surface area (Å²) in [6, 6.07) is 5.71. The number of nitrogens with one attached hydrogen (secondary N) is 2. The number of aromatic amines is 1. The Morgan fingerprint density at radius 3 is 3.00 bits per heavy atom. The van der Waals surface area contributed by atoms with Crippen LogP contribution in [0.15, 0.2) is 30.9 Å². The Hall–Kier alpha value is -2.23. The van der Waals surface area contributed by atoms with E-state index >= 15 is 0 Å². The van der Waals surface area contributed by atoms with E-state index in [2.05, 4.69) is 16.9 Å². The van der Waals surface area contributed by atoms with Gasteiger partial charge in [0.1, 0.15) is 11.4 Å². The number of carbonyl (C=O) groups is 1. The lowest BCUT2D eigenvalue weighted by Crippen LogP contribution is -2.24. The van der Waals surface area contributed by atoms with Crippen LogP contribution in [0.5, 0.6) is 5.75 Å². The Kier molecular flexibility index (Phi) is 3.37. The van der Waals surface area contributed by atoms with Gasteiger partial charge < -0.3 is 15.0 Å². The van der Waals surface area contributed by atoms with E-state index in [1.54, 1.807) is 13.2 Å². The van der Waals surface area contributed by atoms with E-state index in [0.717, 1.165) is 22.2 Å². The third kappa shape index (κ3) is 2.09. The summed E-state index contributed by atoms with van der Waals surface area (Å²) in [5, 5.41) is 3.79. The fourth-order valence-corrected chi connectivity index (χ4v) is 1.92. The van der Waals surface area contributed by atoms with Crippen molar-refractivity contribution in [3.63, 3.8) is 0 Å². The van der Waals surface area contributed by atoms with Crippen LogP contribution >= 0.6 is 0 Å². The van der Waals surface area contributed by atoms with Crippen molar-refractivity contribution in [2.75, 3.05) is 13.7 Å². The van der Waals surface area contributed by atoms with Crippen molar-refractivity contribution >= 4 is 16.8 Å². The lowest BCUT2D eigenvalue weighted by molar-refractivity contribution is 0.0953. The van der Waals surface area contributed by atoms with Gasteiger partial charge >= 0.3 is 0 Å². The van der Waals surface area contributed by atoms with Gasteiger partial charge in [0.2, 0.25) is 0 Å². The highest BCUT2D eigenvalue weighted by atomic mass is 16.5. The molecule has 0 aliphatic rings. The predicted octanol–water partition coefficient (Wildman–Crippen LogP) is 2.40. The maximum Gasteiger partial charge on any atom is 0.268 e. The number of H-pyrrole nitrogens is 1. The number of benzene rings is 1. The fraction of sp³-hybridized carbons (Fsp3) is 0.214. The molecule has 18 heavy (non-hydrogen) atoms. The molecule has 1 aromatic carbocycles. The zero-order valence-electron chi connectivity index (χ0n) is 10.5. The average Bonchev–Trinajstić information content (AvgIpc) is 2.72. The molecule has 0 radical (unpaired) electrons. The molecule has 1 heterocycles. The van der Waals surface area contributed by atoms with E-state index in [0.29, 0.717) is 12.2 Å². The first kappa shape index (κ1) is 12.2. The minimum Gasteiger partial charge on any atom is -0.497 e. The van der Waals surface area contributed by atoms with E-state index in [4.69, 9.17) is 4.74 Å². The standard InChI is InChI=1S/C14H16N2O2/c1-4-7-15-14(17)13-9(2)11-6-5-10(18-3)8-12(11)16-13/h4-6,8,16H,1,7H2,2-3H3,(H,15,17). The number of aromatic nitrogens is 1. The number of ether oxygens (including phenoxy) is 1. The van der Waals surface area contributed by atoms with Crippen LogP contribution in [0.25, 0.3) is 10.9 Å². The zero-order chi connectivity index (χ0) is 13.1. The summed E-state index contributed by atoms with van der Waals surface area (Å²) in [5.41, 5.74) is 2.42. The number of methoxy groups -OCH3 is 1. The Morgan fingerprint density at radius 2 is 2.33 bits per heavy atom. The molecule has 0 saturated heterocycles. The van der Waals surface area contributed by atoms with Crippen LogP contribution in [0.4, 0.5) is 0 Å². The van der Waals surface area contributed by atoms with Crippen LogP contribution in [0.3, 0.4) is 0 Å². The minimum atomic E-state index is -0.123. The first-order valence-corrected chi connectivity index (χ1v) is 5.72. The molecule has 2 aromatic rings.